The molecule has 7 heteroatoms. The van der Waals surface area contributed by atoms with Crippen molar-refractivity contribution in [3.63, 3.8) is 0 Å². The van der Waals surface area contributed by atoms with Gasteiger partial charge in [-0.2, -0.15) is 0 Å². The van der Waals surface area contributed by atoms with Crippen LogP contribution in [0.25, 0.3) is 0 Å². The predicted molar refractivity (Wildman–Crippen MR) is 83.5 cm³/mol. The summed E-state index contributed by atoms with van der Waals surface area (Å²) in [6.45, 7) is 2.32. The quantitative estimate of drug-likeness (QED) is 0.302. The summed E-state index contributed by atoms with van der Waals surface area (Å²) in [5, 5.41) is 9.30. The van der Waals surface area contributed by atoms with Gasteiger partial charge in [-0.1, -0.05) is 30.3 Å². The van der Waals surface area contributed by atoms with Crippen molar-refractivity contribution in [3.8, 4) is 0 Å². The van der Waals surface area contributed by atoms with Crippen LogP contribution in [0.2, 0.25) is 0 Å². The van der Waals surface area contributed by atoms with Gasteiger partial charge in [0, 0.05) is 11.3 Å². The van der Waals surface area contributed by atoms with Gasteiger partial charge < -0.3 is 9.57 Å². The van der Waals surface area contributed by atoms with Crippen LogP contribution >= 0.6 is 11.8 Å². The first kappa shape index (κ1) is 17.0. The zero-order chi connectivity index (χ0) is 15.5. The lowest BCUT2D eigenvalue weighted by Crippen LogP contribution is -2.02. The third kappa shape index (κ3) is 7.36. The highest BCUT2D eigenvalue weighted by atomic mass is 32.2. The molecule has 21 heavy (non-hydrogen) atoms. The summed E-state index contributed by atoms with van der Waals surface area (Å²) in [5.41, 5.74) is 1.83. The minimum atomic E-state index is -0.792. The molecule has 0 radical (unpaired) electrons. The van der Waals surface area contributed by atoms with Gasteiger partial charge in [-0.25, -0.2) is 4.99 Å². The minimum absolute atomic E-state index is 0.0287. The maximum absolute atomic E-state index is 10.1. The summed E-state index contributed by atoms with van der Waals surface area (Å²) < 4.78 is 5.35. The molecular formula is C14H18N2O4S. The van der Waals surface area contributed by atoms with Gasteiger partial charge in [0.05, 0.1) is 5.70 Å². The Balaban J connectivity index is 2.43. The number of ether oxygens (including phenoxy) is 1. The van der Waals surface area contributed by atoms with E-state index in [4.69, 9.17) is 4.74 Å². The number of nitrogens with zero attached hydrogens (tertiary/aromatic N) is 2. The molecular weight excluding hydrogens is 292 g/mol. The van der Waals surface area contributed by atoms with E-state index in [0.29, 0.717) is 13.0 Å². The molecule has 114 valence electrons. The molecule has 0 aliphatic rings. The first-order valence-corrected chi connectivity index (χ1v) is 7.55. The van der Waals surface area contributed by atoms with Crippen LogP contribution < -0.4 is 0 Å². The van der Waals surface area contributed by atoms with Crippen LogP contribution in [0.4, 0.5) is 0 Å². The maximum Gasteiger partial charge on any atom is 0.294 e. The monoisotopic (exact) mass is 310 g/mol. The Labute approximate surface area is 128 Å². The molecule has 0 N–H and O–H groups in total. The number of rotatable bonds is 9. The molecule has 0 fully saturated rings. The van der Waals surface area contributed by atoms with Crippen molar-refractivity contribution in [2.24, 2.45) is 4.99 Å². The highest BCUT2D eigenvalue weighted by molar-refractivity contribution is 8.02. The van der Waals surface area contributed by atoms with Gasteiger partial charge in [0.15, 0.2) is 6.40 Å². The minimum Gasteiger partial charge on any atom is -0.478 e. The third-order valence-corrected chi connectivity index (χ3v) is 3.58. The van der Waals surface area contributed by atoms with Crippen LogP contribution in [0.3, 0.4) is 0 Å². The van der Waals surface area contributed by atoms with E-state index >= 15 is 0 Å². The Bertz CT molecular complexity index is 503. The molecule has 0 aliphatic carbocycles. The van der Waals surface area contributed by atoms with Crippen LogP contribution in [-0.4, -0.2) is 24.3 Å². The van der Waals surface area contributed by atoms with E-state index in [9.17, 15) is 10.1 Å². The Morgan fingerprint density at radius 2 is 2.14 bits per heavy atom. The van der Waals surface area contributed by atoms with Gasteiger partial charge in [-0.3, -0.25) is 0 Å². The van der Waals surface area contributed by atoms with Gasteiger partial charge in [0.25, 0.3) is 5.09 Å². The average Bonchev–Trinajstić information content (AvgIpc) is 2.48. The number of hydrogen-bond acceptors (Lipinski definition) is 6. The Kier molecular flexibility index (Phi) is 7.96. The number of hydrogen-bond donors (Lipinski definition) is 0. The topological polar surface area (TPSA) is 74.0 Å². The molecule has 0 spiro atoms. The maximum atomic E-state index is 10.1. The van der Waals surface area contributed by atoms with Gasteiger partial charge in [0.1, 0.15) is 13.2 Å². The first-order chi connectivity index (χ1) is 10.1. The highest BCUT2D eigenvalue weighted by Crippen LogP contribution is 2.21. The summed E-state index contributed by atoms with van der Waals surface area (Å²) in [7, 11) is 0. The molecule has 0 amide bonds. The second-order valence-corrected chi connectivity index (χ2v) is 4.95. The van der Waals surface area contributed by atoms with Gasteiger partial charge in [-0.15, -0.1) is 21.9 Å². The molecule has 0 unspecified atom stereocenters. The van der Waals surface area contributed by atoms with Crippen LogP contribution in [0, 0.1) is 10.1 Å². The second kappa shape index (κ2) is 9.82. The lowest BCUT2D eigenvalue weighted by molar-refractivity contribution is -0.757. The lowest BCUT2D eigenvalue weighted by Gasteiger charge is -2.06. The van der Waals surface area contributed by atoms with E-state index in [1.165, 1.54) is 18.2 Å². The van der Waals surface area contributed by atoms with Crippen molar-refractivity contribution in [1.82, 2.24) is 0 Å². The molecule has 0 heterocycles. The van der Waals surface area contributed by atoms with Crippen LogP contribution in [0.5, 0.6) is 0 Å². The molecule has 0 aromatic heterocycles. The van der Waals surface area contributed by atoms with Crippen LogP contribution in [0.15, 0.2) is 45.9 Å². The summed E-state index contributed by atoms with van der Waals surface area (Å²) in [5.74, 6) is 0. The third-order valence-electron chi connectivity index (χ3n) is 2.59. The molecule has 0 aliphatic heterocycles. The summed E-state index contributed by atoms with van der Waals surface area (Å²) in [6, 6.07) is 9.78. The van der Waals surface area contributed by atoms with E-state index in [1.54, 1.807) is 0 Å². The molecule has 1 aromatic rings. The van der Waals surface area contributed by atoms with E-state index in [1.807, 2.05) is 43.5 Å². The zero-order valence-corrected chi connectivity index (χ0v) is 12.8. The molecule has 1 rings (SSSR count). The van der Waals surface area contributed by atoms with Crippen molar-refractivity contribution in [3.05, 3.63) is 56.6 Å². The number of allylic oxidation sites excluding steroid dienone is 1. The fraction of sp³-hybridized carbons (Fsp3) is 0.357. The van der Waals surface area contributed by atoms with Crippen molar-refractivity contribution in [2.75, 3.05) is 12.9 Å². The van der Waals surface area contributed by atoms with E-state index in [0.717, 1.165) is 16.2 Å². The zero-order valence-electron chi connectivity index (χ0n) is 12.0. The number of aliphatic imine (C=N–C) groups is 1. The van der Waals surface area contributed by atoms with E-state index in [-0.39, 0.29) is 6.61 Å². The standard InChI is InChI=1S/C14H18N2O4S/c1-12(14(21-2)8-9-20-16(17)18)15-11-19-10-13-6-4-3-5-7-13/h3-7,11H,8-10H2,1-2H3/b14-12-,15-11?. The molecule has 1 aromatic carbocycles. The van der Waals surface area contributed by atoms with Gasteiger partial charge in [-0.05, 0) is 18.7 Å². The predicted octanol–water partition coefficient (Wildman–Crippen LogP) is 3.42. The average molecular weight is 310 g/mol. The lowest BCUT2D eigenvalue weighted by atomic mass is 10.2. The van der Waals surface area contributed by atoms with Crippen molar-refractivity contribution in [2.45, 2.75) is 20.0 Å². The molecule has 6 nitrogen and oxygen atoms in total. The van der Waals surface area contributed by atoms with E-state index in [2.05, 4.69) is 9.83 Å². The molecule has 0 bridgehead atoms. The molecule has 0 atom stereocenters. The normalized spacial score (nSPS) is 12.1. The second-order valence-electron chi connectivity index (χ2n) is 4.05. The van der Waals surface area contributed by atoms with Crippen LogP contribution in [0.1, 0.15) is 18.9 Å². The van der Waals surface area contributed by atoms with Gasteiger partial charge in [0.2, 0.25) is 0 Å². The largest absolute Gasteiger partial charge is 0.478 e. The molecule has 0 saturated carbocycles. The fourth-order valence-corrected chi connectivity index (χ4v) is 2.18. The van der Waals surface area contributed by atoms with Crippen LogP contribution in [-0.2, 0) is 16.2 Å². The van der Waals surface area contributed by atoms with Crippen molar-refractivity contribution >= 4 is 18.2 Å². The summed E-state index contributed by atoms with van der Waals surface area (Å²) in [6.07, 6.45) is 3.74. The Morgan fingerprint density at radius 3 is 2.76 bits per heavy atom. The first-order valence-electron chi connectivity index (χ1n) is 6.32. The summed E-state index contributed by atoms with van der Waals surface area (Å²) in [4.78, 5) is 19.5. The SMILES string of the molecule is CS/C(CCO[N+](=O)[O-])=C(/C)N=COCc1ccccc1. The Hall–Kier alpha value is -2.02. The smallest absolute Gasteiger partial charge is 0.294 e. The molecule has 0 saturated heterocycles. The fourth-order valence-electron chi connectivity index (χ4n) is 1.54. The van der Waals surface area contributed by atoms with E-state index < -0.39 is 5.09 Å². The van der Waals surface area contributed by atoms with Crippen molar-refractivity contribution < 1.29 is 14.7 Å². The number of thioether (sulfide) groups is 1. The van der Waals surface area contributed by atoms with Gasteiger partial charge >= 0.3 is 0 Å². The van der Waals surface area contributed by atoms with Crippen molar-refractivity contribution in [1.29, 1.82) is 0 Å². The highest BCUT2D eigenvalue weighted by Gasteiger charge is 2.03. The number of benzene rings is 1. The Morgan fingerprint density at radius 1 is 1.43 bits per heavy atom. The summed E-state index contributed by atoms with van der Waals surface area (Å²) >= 11 is 1.49.